The molecular weight excluding hydrogens is 348 g/mol. The van der Waals surface area contributed by atoms with Gasteiger partial charge in [-0.2, -0.15) is 0 Å². The number of nitrogens with one attached hydrogen (secondary N) is 1. The normalized spacial score (nSPS) is 20.9. The third-order valence-electron chi connectivity index (χ3n) is 5.46. The Morgan fingerprint density at radius 1 is 1.15 bits per heavy atom. The van der Waals surface area contributed by atoms with E-state index in [2.05, 4.69) is 17.4 Å². The topological polar surface area (TPSA) is 49.4 Å². The molecule has 0 aromatic heterocycles. The van der Waals surface area contributed by atoms with Gasteiger partial charge in [0.15, 0.2) is 0 Å². The monoisotopic (exact) mass is 368 g/mol. The summed E-state index contributed by atoms with van der Waals surface area (Å²) in [6.45, 7) is 1.04. The van der Waals surface area contributed by atoms with Gasteiger partial charge in [-0.25, -0.2) is 0 Å². The minimum atomic E-state index is -0.312. The van der Waals surface area contributed by atoms with Crippen LogP contribution in [-0.4, -0.2) is 24.9 Å². The lowest BCUT2D eigenvalue weighted by Crippen LogP contribution is -2.37. The maximum absolute atomic E-state index is 12.6. The maximum atomic E-state index is 12.6. The van der Waals surface area contributed by atoms with Crippen molar-refractivity contribution in [1.29, 1.82) is 0 Å². The van der Waals surface area contributed by atoms with Crippen LogP contribution in [0.2, 0.25) is 5.02 Å². The first-order valence-electron chi connectivity index (χ1n) is 8.97. The number of hydrogen-bond donors (Lipinski definition) is 1. The van der Waals surface area contributed by atoms with Crippen LogP contribution >= 0.6 is 11.6 Å². The van der Waals surface area contributed by atoms with Gasteiger partial charge in [-0.15, -0.1) is 0 Å². The van der Waals surface area contributed by atoms with Gasteiger partial charge >= 0.3 is 0 Å². The molecule has 2 aromatic carbocycles. The highest BCUT2D eigenvalue weighted by atomic mass is 35.5. The van der Waals surface area contributed by atoms with E-state index < -0.39 is 0 Å². The Labute approximate surface area is 158 Å². The third kappa shape index (κ3) is 3.34. The van der Waals surface area contributed by atoms with E-state index in [0.717, 1.165) is 18.5 Å². The first kappa shape index (κ1) is 17.1. The molecule has 1 aliphatic carbocycles. The second kappa shape index (κ2) is 6.76. The van der Waals surface area contributed by atoms with Gasteiger partial charge in [0.2, 0.25) is 11.8 Å². The van der Waals surface area contributed by atoms with E-state index in [0.29, 0.717) is 18.1 Å². The van der Waals surface area contributed by atoms with E-state index in [4.69, 9.17) is 11.6 Å². The quantitative estimate of drug-likeness (QED) is 0.877. The lowest BCUT2D eigenvalue weighted by atomic mass is 9.95. The summed E-state index contributed by atoms with van der Waals surface area (Å²) in [6.07, 6.45) is 2.43. The van der Waals surface area contributed by atoms with Gasteiger partial charge in [-0.1, -0.05) is 48.0 Å². The molecule has 5 heteroatoms. The van der Waals surface area contributed by atoms with Crippen molar-refractivity contribution in [1.82, 2.24) is 5.32 Å². The molecule has 1 N–H and O–H groups in total. The van der Waals surface area contributed by atoms with Crippen molar-refractivity contribution in [2.24, 2.45) is 5.92 Å². The SMILES string of the molecule is O=C(NCC1(c2ccccc2)CC1)C1CC(=O)N(c2cccc(Cl)c2)C1. The Hall–Kier alpha value is -2.33. The lowest BCUT2D eigenvalue weighted by molar-refractivity contribution is -0.126. The second-order valence-corrected chi connectivity index (χ2v) is 7.69. The molecule has 1 atom stereocenters. The van der Waals surface area contributed by atoms with Crippen molar-refractivity contribution < 1.29 is 9.59 Å². The van der Waals surface area contributed by atoms with Crippen LogP contribution in [0.3, 0.4) is 0 Å². The molecule has 0 bridgehead atoms. The van der Waals surface area contributed by atoms with Crippen LogP contribution in [-0.2, 0) is 15.0 Å². The van der Waals surface area contributed by atoms with Gasteiger partial charge in [0.05, 0.1) is 5.92 Å². The number of rotatable bonds is 5. The van der Waals surface area contributed by atoms with E-state index in [9.17, 15) is 9.59 Å². The first-order valence-corrected chi connectivity index (χ1v) is 9.34. The second-order valence-electron chi connectivity index (χ2n) is 7.25. The molecule has 0 spiro atoms. The molecule has 134 valence electrons. The summed E-state index contributed by atoms with van der Waals surface area (Å²) < 4.78 is 0. The Kier molecular flexibility index (Phi) is 4.45. The van der Waals surface area contributed by atoms with Gasteiger partial charge in [-0.05, 0) is 36.6 Å². The summed E-state index contributed by atoms with van der Waals surface area (Å²) in [7, 11) is 0. The van der Waals surface area contributed by atoms with Gasteiger partial charge in [0.25, 0.3) is 0 Å². The molecule has 1 unspecified atom stereocenters. The van der Waals surface area contributed by atoms with Crippen molar-refractivity contribution in [3.05, 3.63) is 65.2 Å². The predicted octanol–water partition coefficient (Wildman–Crippen LogP) is 3.54. The molecule has 4 rings (SSSR count). The largest absolute Gasteiger partial charge is 0.355 e. The standard InChI is InChI=1S/C21H21ClN2O2/c22-17-7-4-8-18(12-17)24-13-15(11-19(24)25)20(26)23-14-21(9-10-21)16-5-2-1-3-6-16/h1-8,12,15H,9-11,13-14H2,(H,23,26). The summed E-state index contributed by atoms with van der Waals surface area (Å²) in [5.41, 5.74) is 2.11. The number of anilines is 1. The van der Waals surface area contributed by atoms with Gasteiger partial charge in [0.1, 0.15) is 0 Å². The minimum absolute atomic E-state index is 0.0309. The molecule has 2 aliphatic rings. The zero-order valence-corrected chi connectivity index (χ0v) is 15.2. The van der Waals surface area contributed by atoms with Gasteiger partial charge in [0, 0.05) is 35.6 Å². The van der Waals surface area contributed by atoms with Gasteiger partial charge < -0.3 is 10.2 Å². The molecule has 26 heavy (non-hydrogen) atoms. The van der Waals surface area contributed by atoms with Crippen LogP contribution < -0.4 is 10.2 Å². The number of carbonyl (C=O) groups is 2. The Bertz CT molecular complexity index is 833. The zero-order valence-electron chi connectivity index (χ0n) is 14.5. The minimum Gasteiger partial charge on any atom is -0.355 e. The molecule has 1 saturated heterocycles. The number of carbonyl (C=O) groups excluding carboxylic acids is 2. The van der Waals surface area contributed by atoms with Crippen LogP contribution in [0.5, 0.6) is 0 Å². The molecule has 1 heterocycles. The van der Waals surface area contributed by atoms with Crippen LogP contribution in [0.25, 0.3) is 0 Å². The lowest BCUT2D eigenvalue weighted by Gasteiger charge is -2.19. The van der Waals surface area contributed by atoms with Crippen LogP contribution in [0.15, 0.2) is 54.6 Å². The van der Waals surface area contributed by atoms with Crippen LogP contribution in [0, 0.1) is 5.92 Å². The molecule has 2 aromatic rings. The predicted molar refractivity (Wildman–Crippen MR) is 102 cm³/mol. The Morgan fingerprint density at radius 2 is 1.92 bits per heavy atom. The van der Waals surface area contributed by atoms with E-state index in [-0.39, 0.29) is 29.6 Å². The Morgan fingerprint density at radius 3 is 2.62 bits per heavy atom. The van der Waals surface area contributed by atoms with Crippen molar-refractivity contribution in [2.45, 2.75) is 24.7 Å². The van der Waals surface area contributed by atoms with Crippen LogP contribution in [0.4, 0.5) is 5.69 Å². The summed E-state index contributed by atoms with van der Waals surface area (Å²) in [6, 6.07) is 17.5. The smallest absolute Gasteiger partial charge is 0.227 e. The van der Waals surface area contributed by atoms with Gasteiger partial charge in [-0.3, -0.25) is 9.59 Å². The molecule has 0 radical (unpaired) electrons. The van der Waals surface area contributed by atoms with Crippen molar-refractivity contribution >= 4 is 29.1 Å². The molecular formula is C21H21ClN2O2. The highest BCUT2D eigenvalue weighted by molar-refractivity contribution is 6.31. The third-order valence-corrected chi connectivity index (χ3v) is 5.69. The molecule has 1 aliphatic heterocycles. The van der Waals surface area contributed by atoms with Crippen LogP contribution in [0.1, 0.15) is 24.8 Å². The number of nitrogens with zero attached hydrogens (tertiary/aromatic N) is 1. The van der Waals surface area contributed by atoms with Crippen molar-refractivity contribution in [3.8, 4) is 0 Å². The number of hydrogen-bond acceptors (Lipinski definition) is 2. The van der Waals surface area contributed by atoms with Crippen molar-refractivity contribution in [2.75, 3.05) is 18.0 Å². The summed E-state index contributed by atoms with van der Waals surface area (Å²) in [4.78, 5) is 26.6. The van der Waals surface area contributed by atoms with E-state index in [1.807, 2.05) is 30.3 Å². The Balaban J connectivity index is 1.38. The summed E-state index contributed by atoms with van der Waals surface area (Å²) in [5, 5.41) is 3.67. The van der Waals surface area contributed by atoms with Crippen molar-refractivity contribution in [3.63, 3.8) is 0 Å². The van der Waals surface area contributed by atoms with E-state index in [1.165, 1.54) is 5.56 Å². The first-order chi connectivity index (χ1) is 12.6. The fourth-order valence-corrected chi connectivity index (χ4v) is 3.87. The molecule has 1 saturated carbocycles. The zero-order chi connectivity index (χ0) is 18.1. The number of amides is 2. The van der Waals surface area contributed by atoms with E-state index in [1.54, 1.807) is 17.0 Å². The highest BCUT2D eigenvalue weighted by Gasteiger charge is 2.45. The average molecular weight is 369 g/mol. The summed E-state index contributed by atoms with van der Waals surface area (Å²) in [5.74, 6) is -0.380. The molecule has 2 fully saturated rings. The molecule has 4 nitrogen and oxygen atoms in total. The number of halogens is 1. The van der Waals surface area contributed by atoms with E-state index >= 15 is 0 Å². The fraction of sp³-hybridized carbons (Fsp3) is 0.333. The average Bonchev–Trinajstić information content (AvgIpc) is 3.35. The summed E-state index contributed by atoms with van der Waals surface area (Å²) >= 11 is 6.02. The number of benzene rings is 2. The fourth-order valence-electron chi connectivity index (χ4n) is 3.69. The highest BCUT2D eigenvalue weighted by Crippen LogP contribution is 2.47. The maximum Gasteiger partial charge on any atom is 0.227 e. The molecule has 2 amide bonds.